The summed E-state index contributed by atoms with van der Waals surface area (Å²) in [5, 5.41) is 8.29. The molecule has 0 spiro atoms. The Labute approximate surface area is 46.5 Å². The van der Waals surface area contributed by atoms with Crippen molar-refractivity contribution in [1.29, 1.82) is 0 Å². The summed E-state index contributed by atoms with van der Waals surface area (Å²) in [7, 11) is 0. The van der Waals surface area contributed by atoms with Crippen LogP contribution in [0.3, 0.4) is 0 Å². The van der Waals surface area contributed by atoms with E-state index in [-0.39, 0.29) is 6.61 Å². The molecular formula is C4H9BrO. The van der Waals surface area contributed by atoms with Crippen LogP contribution in [-0.2, 0) is 0 Å². The van der Waals surface area contributed by atoms with Crippen molar-refractivity contribution in [2.24, 2.45) is 0 Å². The predicted octanol–water partition coefficient (Wildman–Crippen LogP) is 1.15. The van der Waals surface area contributed by atoms with Crippen molar-refractivity contribution in [2.75, 3.05) is 6.61 Å². The number of alkyl halides is 1. The molecule has 0 bridgehead atoms. The summed E-state index contributed by atoms with van der Waals surface area (Å²) in [5.74, 6) is 0. The molecule has 0 saturated heterocycles. The Morgan fingerprint density at radius 1 is 1.83 bits per heavy atom. The van der Waals surface area contributed by atoms with Crippen molar-refractivity contribution in [1.82, 2.24) is 0 Å². The van der Waals surface area contributed by atoms with Crippen molar-refractivity contribution < 1.29 is 5.11 Å². The lowest BCUT2D eigenvalue weighted by Crippen LogP contribution is -1.99. The molecule has 1 nitrogen and oxygen atoms in total. The maximum Gasteiger partial charge on any atom is 0.0556 e. The molecule has 2 heteroatoms. The molecule has 0 heterocycles. The van der Waals surface area contributed by atoms with Crippen LogP contribution in [0.15, 0.2) is 0 Å². The maximum absolute atomic E-state index is 8.29. The van der Waals surface area contributed by atoms with Crippen molar-refractivity contribution in [3.05, 3.63) is 0 Å². The lowest BCUT2D eigenvalue weighted by atomic mass is 10.4. The molecule has 0 saturated carbocycles. The Bertz CT molecular complexity index is 26.7. The molecule has 0 aliphatic rings. The molecule has 0 aromatic carbocycles. The number of halogens is 1. The number of aliphatic hydroxyl groups excluding tert-OH is 1. The van der Waals surface area contributed by atoms with E-state index in [1.165, 1.54) is 0 Å². The standard InChI is InChI=1S/C4H9BrO/c1-2-4(5)3-6/h4,6H,2-3H2,1H3/t4-/m1/s1. The molecular weight excluding hydrogens is 144 g/mol. The van der Waals surface area contributed by atoms with Gasteiger partial charge < -0.3 is 5.11 Å². The minimum atomic E-state index is 0.247. The molecule has 0 amide bonds. The average Bonchev–Trinajstić information content (AvgIpc) is 1.65. The van der Waals surface area contributed by atoms with E-state index >= 15 is 0 Å². The van der Waals surface area contributed by atoms with Gasteiger partial charge in [0.15, 0.2) is 0 Å². The van der Waals surface area contributed by atoms with Gasteiger partial charge in [0, 0.05) is 4.83 Å². The number of rotatable bonds is 2. The first-order chi connectivity index (χ1) is 2.81. The summed E-state index contributed by atoms with van der Waals surface area (Å²) in [6.07, 6.45) is 0.997. The lowest BCUT2D eigenvalue weighted by Gasteiger charge is -1.95. The van der Waals surface area contributed by atoms with Crippen LogP contribution in [0.25, 0.3) is 0 Å². The Hall–Kier alpha value is 0.440. The van der Waals surface area contributed by atoms with Gasteiger partial charge in [-0.05, 0) is 6.42 Å². The molecule has 0 unspecified atom stereocenters. The van der Waals surface area contributed by atoms with Gasteiger partial charge in [-0.2, -0.15) is 0 Å². The fourth-order valence-corrected chi connectivity index (χ4v) is 0.129. The third kappa shape index (κ3) is 2.67. The lowest BCUT2D eigenvalue weighted by molar-refractivity contribution is 0.295. The quantitative estimate of drug-likeness (QED) is 0.590. The summed E-state index contributed by atoms with van der Waals surface area (Å²) < 4.78 is 0. The zero-order valence-corrected chi connectivity index (χ0v) is 5.40. The van der Waals surface area contributed by atoms with Gasteiger partial charge in [-0.15, -0.1) is 0 Å². The summed E-state index contributed by atoms with van der Waals surface area (Å²) in [5.41, 5.74) is 0. The van der Waals surface area contributed by atoms with Gasteiger partial charge in [-0.25, -0.2) is 0 Å². The normalized spacial score (nSPS) is 14.5. The number of aliphatic hydroxyl groups is 1. The van der Waals surface area contributed by atoms with E-state index in [9.17, 15) is 0 Å². The Kier molecular flexibility index (Phi) is 3.89. The first kappa shape index (κ1) is 6.44. The molecule has 0 aromatic rings. The highest BCUT2D eigenvalue weighted by Gasteiger charge is 1.92. The molecule has 38 valence electrons. The zero-order chi connectivity index (χ0) is 4.99. The van der Waals surface area contributed by atoms with Crippen molar-refractivity contribution in [3.63, 3.8) is 0 Å². The van der Waals surface area contributed by atoms with E-state index in [4.69, 9.17) is 5.11 Å². The van der Waals surface area contributed by atoms with E-state index in [0.717, 1.165) is 6.42 Å². The first-order valence-electron chi connectivity index (χ1n) is 2.06. The van der Waals surface area contributed by atoms with Gasteiger partial charge in [-0.1, -0.05) is 22.9 Å². The van der Waals surface area contributed by atoms with Gasteiger partial charge in [0.2, 0.25) is 0 Å². The molecule has 0 fully saturated rings. The average molecular weight is 153 g/mol. The fraction of sp³-hybridized carbons (Fsp3) is 1.00. The molecule has 0 aliphatic carbocycles. The third-order valence-electron chi connectivity index (χ3n) is 0.641. The van der Waals surface area contributed by atoms with Crippen LogP contribution in [0.5, 0.6) is 0 Å². The molecule has 0 aromatic heterocycles. The van der Waals surface area contributed by atoms with E-state index < -0.39 is 0 Å². The van der Waals surface area contributed by atoms with Crippen molar-refractivity contribution in [3.8, 4) is 0 Å². The van der Waals surface area contributed by atoms with E-state index in [1.54, 1.807) is 0 Å². The van der Waals surface area contributed by atoms with Crippen LogP contribution in [-0.4, -0.2) is 16.5 Å². The zero-order valence-electron chi connectivity index (χ0n) is 3.82. The monoisotopic (exact) mass is 152 g/mol. The fourth-order valence-electron chi connectivity index (χ4n) is 0.129. The molecule has 1 atom stereocenters. The largest absolute Gasteiger partial charge is 0.395 e. The molecule has 0 rings (SSSR count). The van der Waals surface area contributed by atoms with Crippen molar-refractivity contribution in [2.45, 2.75) is 18.2 Å². The molecule has 0 aliphatic heterocycles. The van der Waals surface area contributed by atoms with Gasteiger partial charge in [0.05, 0.1) is 6.61 Å². The topological polar surface area (TPSA) is 20.2 Å². The molecule has 0 radical (unpaired) electrons. The van der Waals surface area contributed by atoms with Gasteiger partial charge in [0.25, 0.3) is 0 Å². The highest BCUT2D eigenvalue weighted by Crippen LogP contribution is 2.00. The smallest absolute Gasteiger partial charge is 0.0556 e. The van der Waals surface area contributed by atoms with Crippen LogP contribution < -0.4 is 0 Å². The molecule has 1 N–H and O–H groups in total. The molecule has 6 heavy (non-hydrogen) atoms. The Morgan fingerprint density at radius 2 is 2.33 bits per heavy atom. The maximum atomic E-state index is 8.29. The second kappa shape index (κ2) is 3.62. The first-order valence-corrected chi connectivity index (χ1v) is 2.97. The summed E-state index contributed by atoms with van der Waals surface area (Å²) in [4.78, 5) is 0.303. The van der Waals surface area contributed by atoms with E-state index in [1.807, 2.05) is 6.92 Å². The second-order valence-corrected chi connectivity index (χ2v) is 2.48. The third-order valence-corrected chi connectivity index (χ3v) is 1.58. The number of hydrogen-bond acceptors (Lipinski definition) is 1. The van der Waals surface area contributed by atoms with Crippen LogP contribution in [0.2, 0.25) is 0 Å². The SMILES string of the molecule is CC[C@@H](Br)CO. The van der Waals surface area contributed by atoms with Gasteiger partial charge >= 0.3 is 0 Å². The highest BCUT2D eigenvalue weighted by molar-refractivity contribution is 9.09. The van der Waals surface area contributed by atoms with Gasteiger partial charge in [0.1, 0.15) is 0 Å². The number of hydrogen-bond donors (Lipinski definition) is 1. The van der Waals surface area contributed by atoms with E-state index in [2.05, 4.69) is 15.9 Å². The Balaban J connectivity index is 2.75. The Morgan fingerprint density at radius 3 is 2.33 bits per heavy atom. The van der Waals surface area contributed by atoms with Crippen molar-refractivity contribution >= 4 is 15.9 Å². The minimum Gasteiger partial charge on any atom is -0.395 e. The highest BCUT2D eigenvalue weighted by atomic mass is 79.9. The minimum absolute atomic E-state index is 0.247. The van der Waals surface area contributed by atoms with Crippen LogP contribution >= 0.6 is 15.9 Å². The van der Waals surface area contributed by atoms with Gasteiger partial charge in [-0.3, -0.25) is 0 Å². The summed E-state index contributed by atoms with van der Waals surface area (Å²) >= 11 is 3.23. The summed E-state index contributed by atoms with van der Waals surface area (Å²) in [6.45, 7) is 2.27. The van der Waals surface area contributed by atoms with Crippen LogP contribution in [0, 0.1) is 0 Å². The second-order valence-electron chi connectivity index (χ2n) is 1.19. The predicted molar refractivity (Wildman–Crippen MR) is 30.1 cm³/mol. The van der Waals surface area contributed by atoms with E-state index in [0.29, 0.717) is 4.83 Å². The van der Waals surface area contributed by atoms with Crippen LogP contribution in [0.4, 0.5) is 0 Å². The summed E-state index contributed by atoms with van der Waals surface area (Å²) in [6, 6.07) is 0. The van der Waals surface area contributed by atoms with Crippen LogP contribution in [0.1, 0.15) is 13.3 Å².